The summed E-state index contributed by atoms with van der Waals surface area (Å²) in [6.45, 7) is 0. The summed E-state index contributed by atoms with van der Waals surface area (Å²) in [5, 5.41) is 9.57. The molecular formula is C15H13N3O2S2. The molecule has 0 radical (unpaired) electrons. The van der Waals surface area contributed by atoms with Gasteiger partial charge < -0.3 is 4.74 Å². The van der Waals surface area contributed by atoms with Gasteiger partial charge in [-0.3, -0.25) is 9.89 Å². The fraction of sp³-hybridized carbons (Fsp3) is 0.133. The van der Waals surface area contributed by atoms with Gasteiger partial charge in [0.1, 0.15) is 5.75 Å². The van der Waals surface area contributed by atoms with E-state index in [9.17, 15) is 4.79 Å². The molecule has 0 saturated carbocycles. The standard InChI is InChI=1S/C15H13N3O2S2/c1-20-11-6-4-10(5-7-11)12(19)9-22-15-16-14(17-18-15)13-3-2-8-21-13/h2-8H,9H2,1H3,(H,16,17,18). The second-order valence-corrected chi connectivity index (χ2v) is 6.27. The van der Waals surface area contributed by atoms with Crippen LogP contribution >= 0.6 is 23.1 Å². The molecule has 2 aromatic heterocycles. The van der Waals surface area contributed by atoms with Crippen molar-refractivity contribution in [2.75, 3.05) is 12.9 Å². The van der Waals surface area contributed by atoms with Gasteiger partial charge in [0, 0.05) is 5.56 Å². The number of hydrogen-bond acceptors (Lipinski definition) is 6. The Morgan fingerprint density at radius 1 is 1.32 bits per heavy atom. The Labute approximate surface area is 135 Å². The second-order valence-electron chi connectivity index (χ2n) is 4.38. The number of thiophene rings is 1. The number of ketones is 1. The minimum atomic E-state index is 0.0372. The van der Waals surface area contributed by atoms with Gasteiger partial charge in [-0.1, -0.05) is 17.8 Å². The summed E-state index contributed by atoms with van der Waals surface area (Å²) in [5.74, 6) is 1.80. The van der Waals surface area contributed by atoms with Gasteiger partial charge in [0.2, 0.25) is 5.16 Å². The maximum Gasteiger partial charge on any atom is 0.209 e. The molecule has 3 aromatic rings. The molecule has 0 aliphatic rings. The number of carbonyl (C=O) groups excluding carboxylic acids is 1. The van der Waals surface area contributed by atoms with Crippen LogP contribution in [0.1, 0.15) is 10.4 Å². The van der Waals surface area contributed by atoms with E-state index in [-0.39, 0.29) is 5.78 Å². The lowest BCUT2D eigenvalue weighted by Crippen LogP contribution is -2.02. The molecule has 22 heavy (non-hydrogen) atoms. The fourth-order valence-corrected chi connectivity index (χ4v) is 3.18. The van der Waals surface area contributed by atoms with E-state index in [1.807, 2.05) is 17.5 Å². The van der Waals surface area contributed by atoms with Crippen LogP contribution in [0.4, 0.5) is 0 Å². The molecule has 0 atom stereocenters. The first-order valence-electron chi connectivity index (χ1n) is 6.52. The third-order valence-corrected chi connectivity index (χ3v) is 4.69. The molecule has 0 bridgehead atoms. The van der Waals surface area contributed by atoms with Gasteiger partial charge in [-0.05, 0) is 35.7 Å². The number of Topliss-reactive ketones (excluding diaryl/α,β-unsaturated/α-hetero) is 1. The van der Waals surface area contributed by atoms with Crippen molar-refractivity contribution >= 4 is 28.9 Å². The number of rotatable bonds is 6. The van der Waals surface area contributed by atoms with Crippen LogP contribution in [0.15, 0.2) is 46.9 Å². The number of thioether (sulfide) groups is 1. The molecule has 0 saturated heterocycles. The Bertz CT molecular complexity index is 751. The van der Waals surface area contributed by atoms with Crippen LogP contribution in [-0.2, 0) is 0 Å². The van der Waals surface area contributed by atoms with Gasteiger partial charge in [0.15, 0.2) is 11.6 Å². The summed E-state index contributed by atoms with van der Waals surface area (Å²) < 4.78 is 5.08. The highest BCUT2D eigenvalue weighted by Crippen LogP contribution is 2.23. The van der Waals surface area contributed by atoms with Crippen LogP contribution in [0.3, 0.4) is 0 Å². The number of aromatic amines is 1. The van der Waals surface area contributed by atoms with E-state index in [1.54, 1.807) is 42.7 Å². The molecule has 0 aliphatic heterocycles. The smallest absolute Gasteiger partial charge is 0.209 e. The zero-order chi connectivity index (χ0) is 15.4. The predicted molar refractivity (Wildman–Crippen MR) is 87.7 cm³/mol. The zero-order valence-electron chi connectivity index (χ0n) is 11.8. The zero-order valence-corrected chi connectivity index (χ0v) is 13.4. The van der Waals surface area contributed by atoms with E-state index in [4.69, 9.17) is 4.74 Å². The molecule has 0 fully saturated rings. The molecular weight excluding hydrogens is 318 g/mol. The van der Waals surface area contributed by atoms with Crippen molar-refractivity contribution in [3.63, 3.8) is 0 Å². The molecule has 0 spiro atoms. The quantitative estimate of drug-likeness (QED) is 0.553. The first kappa shape index (κ1) is 14.8. The highest BCUT2D eigenvalue weighted by molar-refractivity contribution is 7.99. The van der Waals surface area contributed by atoms with E-state index in [2.05, 4.69) is 15.2 Å². The normalized spacial score (nSPS) is 10.6. The van der Waals surface area contributed by atoms with Crippen molar-refractivity contribution < 1.29 is 9.53 Å². The van der Waals surface area contributed by atoms with Gasteiger partial charge in [0.25, 0.3) is 0 Å². The van der Waals surface area contributed by atoms with Crippen molar-refractivity contribution in [1.82, 2.24) is 15.2 Å². The summed E-state index contributed by atoms with van der Waals surface area (Å²) in [7, 11) is 1.60. The van der Waals surface area contributed by atoms with Gasteiger partial charge in [-0.25, -0.2) is 4.98 Å². The summed E-state index contributed by atoms with van der Waals surface area (Å²) in [6, 6.07) is 11.0. The Morgan fingerprint density at radius 2 is 2.14 bits per heavy atom. The van der Waals surface area contributed by atoms with Gasteiger partial charge in [-0.15, -0.1) is 16.4 Å². The lowest BCUT2D eigenvalue weighted by Gasteiger charge is -2.01. The van der Waals surface area contributed by atoms with Gasteiger partial charge in [0.05, 0.1) is 17.7 Å². The van der Waals surface area contributed by atoms with Crippen molar-refractivity contribution in [2.24, 2.45) is 0 Å². The molecule has 0 aliphatic carbocycles. The fourth-order valence-electron chi connectivity index (χ4n) is 1.82. The van der Waals surface area contributed by atoms with Crippen LogP contribution in [0.25, 0.3) is 10.7 Å². The number of carbonyl (C=O) groups is 1. The molecule has 0 unspecified atom stereocenters. The number of nitrogens with zero attached hydrogens (tertiary/aromatic N) is 2. The predicted octanol–water partition coefficient (Wildman–Crippen LogP) is 3.52. The molecule has 2 heterocycles. The molecule has 3 rings (SSSR count). The third kappa shape index (κ3) is 3.37. The molecule has 0 amide bonds. The highest BCUT2D eigenvalue weighted by Gasteiger charge is 2.11. The van der Waals surface area contributed by atoms with Crippen LogP contribution in [0.2, 0.25) is 0 Å². The van der Waals surface area contributed by atoms with Gasteiger partial charge in [-0.2, -0.15) is 0 Å². The largest absolute Gasteiger partial charge is 0.497 e. The molecule has 112 valence electrons. The SMILES string of the molecule is COc1ccc(C(=O)CSc2n[nH]c(-c3cccs3)n2)cc1. The summed E-state index contributed by atoms with van der Waals surface area (Å²) >= 11 is 2.91. The summed E-state index contributed by atoms with van der Waals surface area (Å²) in [4.78, 5) is 17.5. The maximum absolute atomic E-state index is 12.1. The molecule has 1 aromatic carbocycles. The molecule has 1 N–H and O–H groups in total. The van der Waals surface area contributed by atoms with Crippen molar-refractivity contribution in [1.29, 1.82) is 0 Å². The topological polar surface area (TPSA) is 67.9 Å². The third-order valence-electron chi connectivity index (χ3n) is 2.96. The van der Waals surface area contributed by atoms with E-state index in [0.717, 1.165) is 16.5 Å². The Morgan fingerprint density at radius 3 is 2.82 bits per heavy atom. The van der Waals surface area contributed by atoms with Crippen molar-refractivity contribution in [3.8, 4) is 16.5 Å². The van der Waals surface area contributed by atoms with Crippen molar-refractivity contribution in [2.45, 2.75) is 5.16 Å². The monoisotopic (exact) mass is 331 g/mol. The second kappa shape index (κ2) is 6.76. The van der Waals surface area contributed by atoms with E-state index in [1.165, 1.54) is 11.8 Å². The van der Waals surface area contributed by atoms with Crippen LogP contribution in [-0.4, -0.2) is 33.8 Å². The van der Waals surface area contributed by atoms with Crippen LogP contribution in [0, 0.1) is 0 Å². The van der Waals surface area contributed by atoms with E-state index in [0.29, 0.717) is 16.5 Å². The number of benzene rings is 1. The number of ether oxygens (including phenoxy) is 1. The minimum absolute atomic E-state index is 0.0372. The summed E-state index contributed by atoms with van der Waals surface area (Å²) in [5.41, 5.74) is 0.655. The Balaban J connectivity index is 1.61. The number of H-pyrrole nitrogens is 1. The summed E-state index contributed by atoms with van der Waals surface area (Å²) in [6.07, 6.45) is 0. The average molecular weight is 331 g/mol. The van der Waals surface area contributed by atoms with Crippen molar-refractivity contribution in [3.05, 3.63) is 47.3 Å². The first-order chi connectivity index (χ1) is 10.8. The van der Waals surface area contributed by atoms with E-state index >= 15 is 0 Å². The lowest BCUT2D eigenvalue weighted by atomic mass is 10.1. The number of methoxy groups -OCH3 is 1. The maximum atomic E-state index is 12.1. The Hall–Kier alpha value is -2.12. The first-order valence-corrected chi connectivity index (χ1v) is 8.39. The molecule has 7 heteroatoms. The Kier molecular flexibility index (Phi) is 4.55. The average Bonchev–Trinajstić information content (AvgIpc) is 3.23. The number of hydrogen-bond donors (Lipinski definition) is 1. The molecule has 5 nitrogen and oxygen atoms in total. The number of nitrogens with one attached hydrogen (secondary N) is 1. The van der Waals surface area contributed by atoms with Crippen LogP contribution < -0.4 is 4.74 Å². The minimum Gasteiger partial charge on any atom is -0.497 e. The van der Waals surface area contributed by atoms with E-state index < -0.39 is 0 Å². The highest BCUT2D eigenvalue weighted by atomic mass is 32.2. The van der Waals surface area contributed by atoms with Gasteiger partial charge >= 0.3 is 0 Å². The lowest BCUT2D eigenvalue weighted by molar-refractivity contribution is 0.102. The number of aromatic nitrogens is 3. The van der Waals surface area contributed by atoms with Crippen LogP contribution in [0.5, 0.6) is 5.75 Å².